The highest BCUT2D eigenvalue weighted by Crippen LogP contribution is 2.47. The van der Waals surface area contributed by atoms with E-state index in [1.54, 1.807) is 0 Å². The molecule has 0 aromatic rings. The fourth-order valence-electron chi connectivity index (χ4n) is 3.35. The molecule has 2 rings (SSSR count). The van der Waals surface area contributed by atoms with Crippen LogP contribution in [0.25, 0.3) is 0 Å². The molecule has 1 N–H and O–H groups in total. The van der Waals surface area contributed by atoms with Crippen molar-refractivity contribution in [2.24, 2.45) is 23.2 Å². The second kappa shape index (κ2) is 3.36. The summed E-state index contributed by atoms with van der Waals surface area (Å²) in [7, 11) is 0. The molecule has 80 valence electrons. The lowest BCUT2D eigenvalue weighted by Crippen LogP contribution is -2.31. The van der Waals surface area contributed by atoms with Gasteiger partial charge >= 0.3 is 0 Å². The average Bonchev–Trinajstić information content (AvgIpc) is 2.46. The van der Waals surface area contributed by atoms with Crippen molar-refractivity contribution in [3.63, 3.8) is 0 Å². The van der Waals surface area contributed by atoms with Crippen LogP contribution in [0.5, 0.6) is 0 Å². The van der Waals surface area contributed by atoms with Gasteiger partial charge in [-0.3, -0.25) is 0 Å². The summed E-state index contributed by atoms with van der Waals surface area (Å²) in [6.07, 6.45) is 6.43. The van der Waals surface area contributed by atoms with E-state index in [0.717, 1.165) is 24.0 Å². The first kappa shape index (κ1) is 10.2. The van der Waals surface area contributed by atoms with Gasteiger partial charge in [-0.05, 0) is 55.3 Å². The zero-order chi connectivity index (χ0) is 10.3. The Morgan fingerprint density at radius 1 is 1.14 bits per heavy atom. The lowest BCUT2D eigenvalue weighted by atomic mass is 9.66. The maximum atomic E-state index is 7.90. The second-order valence-corrected chi connectivity index (χ2v) is 6.31. The minimum absolute atomic E-state index is 0.482. The summed E-state index contributed by atoms with van der Waals surface area (Å²) in [4.78, 5) is 0. The van der Waals surface area contributed by atoms with Crippen LogP contribution in [0.15, 0.2) is 0 Å². The van der Waals surface area contributed by atoms with Crippen LogP contribution in [-0.4, -0.2) is 5.71 Å². The van der Waals surface area contributed by atoms with Crippen LogP contribution in [0.4, 0.5) is 0 Å². The van der Waals surface area contributed by atoms with Crippen LogP contribution >= 0.6 is 0 Å². The van der Waals surface area contributed by atoms with Gasteiger partial charge in [0.15, 0.2) is 0 Å². The van der Waals surface area contributed by atoms with Crippen molar-refractivity contribution in [2.75, 3.05) is 0 Å². The van der Waals surface area contributed by atoms with E-state index in [1.807, 2.05) is 0 Å². The van der Waals surface area contributed by atoms with E-state index >= 15 is 0 Å². The highest BCUT2D eigenvalue weighted by atomic mass is 14.5. The standard InChI is InChI=1S/C13H23N/c1-13(2,3)10-5-6-11-9(8-10)4-7-12(11)14/h9-11,14H,4-8H2,1-3H3. The minimum atomic E-state index is 0.482. The summed E-state index contributed by atoms with van der Waals surface area (Å²) in [5.41, 5.74) is 1.54. The summed E-state index contributed by atoms with van der Waals surface area (Å²) < 4.78 is 0. The van der Waals surface area contributed by atoms with Gasteiger partial charge in [-0.25, -0.2) is 0 Å². The molecule has 2 aliphatic carbocycles. The van der Waals surface area contributed by atoms with Gasteiger partial charge < -0.3 is 5.41 Å². The topological polar surface area (TPSA) is 23.9 Å². The van der Waals surface area contributed by atoms with Crippen molar-refractivity contribution in [3.05, 3.63) is 0 Å². The summed E-state index contributed by atoms with van der Waals surface area (Å²) in [5, 5.41) is 7.90. The summed E-state index contributed by atoms with van der Waals surface area (Å²) in [6.45, 7) is 7.12. The quantitative estimate of drug-likeness (QED) is 0.603. The first-order valence-corrected chi connectivity index (χ1v) is 6.06. The monoisotopic (exact) mass is 193 g/mol. The number of fused-ring (bicyclic) bond motifs is 1. The normalized spacial score (nSPS) is 38.5. The predicted octanol–water partition coefficient (Wildman–Crippen LogP) is 3.88. The third kappa shape index (κ3) is 1.74. The fourth-order valence-corrected chi connectivity index (χ4v) is 3.35. The molecule has 0 aromatic carbocycles. The summed E-state index contributed by atoms with van der Waals surface area (Å²) in [5.74, 6) is 2.43. The molecule has 2 saturated carbocycles. The maximum absolute atomic E-state index is 7.90. The second-order valence-electron chi connectivity index (χ2n) is 6.31. The fraction of sp³-hybridized carbons (Fsp3) is 0.923. The number of hydrogen-bond donors (Lipinski definition) is 1. The van der Waals surface area contributed by atoms with Crippen LogP contribution in [0.3, 0.4) is 0 Å². The molecule has 14 heavy (non-hydrogen) atoms. The van der Waals surface area contributed by atoms with E-state index in [2.05, 4.69) is 20.8 Å². The zero-order valence-electron chi connectivity index (χ0n) is 9.77. The molecule has 1 nitrogen and oxygen atoms in total. The molecular formula is C13H23N. The minimum Gasteiger partial charge on any atom is -0.309 e. The van der Waals surface area contributed by atoms with Crippen molar-refractivity contribution in [3.8, 4) is 0 Å². The third-order valence-corrected chi connectivity index (χ3v) is 4.44. The Bertz CT molecular complexity index is 236. The van der Waals surface area contributed by atoms with Gasteiger partial charge in [0.25, 0.3) is 0 Å². The van der Waals surface area contributed by atoms with Gasteiger partial charge in [0.2, 0.25) is 0 Å². The van der Waals surface area contributed by atoms with Crippen molar-refractivity contribution in [1.82, 2.24) is 0 Å². The van der Waals surface area contributed by atoms with Gasteiger partial charge in [0, 0.05) is 5.71 Å². The maximum Gasteiger partial charge on any atom is 0.0123 e. The summed E-state index contributed by atoms with van der Waals surface area (Å²) >= 11 is 0. The highest BCUT2D eigenvalue weighted by molar-refractivity contribution is 5.86. The molecule has 3 atom stereocenters. The molecule has 0 aliphatic heterocycles. The Morgan fingerprint density at radius 2 is 1.86 bits per heavy atom. The van der Waals surface area contributed by atoms with E-state index in [9.17, 15) is 0 Å². The molecule has 0 bridgehead atoms. The van der Waals surface area contributed by atoms with Gasteiger partial charge in [0.05, 0.1) is 0 Å². The van der Waals surface area contributed by atoms with E-state index in [-0.39, 0.29) is 0 Å². The molecular weight excluding hydrogens is 170 g/mol. The van der Waals surface area contributed by atoms with Crippen molar-refractivity contribution < 1.29 is 0 Å². The van der Waals surface area contributed by atoms with Crippen LogP contribution in [-0.2, 0) is 0 Å². The lowest BCUT2D eigenvalue weighted by molar-refractivity contribution is 0.127. The number of nitrogens with one attached hydrogen (secondary N) is 1. The summed E-state index contributed by atoms with van der Waals surface area (Å²) in [6, 6.07) is 0. The Kier molecular flexibility index (Phi) is 2.45. The van der Waals surface area contributed by atoms with E-state index in [4.69, 9.17) is 5.41 Å². The van der Waals surface area contributed by atoms with Gasteiger partial charge in [0.1, 0.15) is 0 Å². The Labute approximate surface area is 87.8 Å². The predicted molar refractivity (Wildman–Crippen MR) is 60.7 cm³/mol. The molecule has 2 aliphatic rings. The van der Waals surface area contributed by atoms with E-state index < -0.39 is 0 Å². The molecule has 0 spiro atoms. The average molecular weight is 193 g/mol. The Balaban J connectivity index is 2.03. The first-order valence-electron chi connectivity index (χ1n) is 6.06. The first-order chi connectivity index (χ1) is 6.48. The van der Waals surface area contributed by atoms with Crippen molar-refractivity contribution >= 4 is 5.71 Å². The van der Waals surface area contributed by atoms with Crippen molar-refractivity contribution in [2.45, 2.75) is 52.9 Å². The molecule has 0 heterocycles. The molecule has 0 saturated heterocycles. The molecule has 2 fully saturated rings. The number of hydrogen-bond acceptors (Lipinski definition) is 1. The zero-order valence-corrected chi connectivity index (χ0v) is 9.77. The molecule has 1 heteroatoms. The molecule has 0 aromatic heterocycles. The number of rotatable bonds is 0. The van der Waals surface area contributed by atoms with Gasteiger partial charge in [-0.1, -0.05) is 20.8 Å². The van der Waals surface area contributed by atoms with E-state index in [0.29, 0.717) is 11.3 Å². The van der Waals surface area contributed by atoms with Crippen molar-refractivity contribution in [1.29, 1.82) is 5.41 Å². The lowest BCUT2D eigenvalue weighted by Gasteiger charge is -2.39. The highest BCUT2D eigenvalue weighted by Gasteiger charge is 2.40. The Morgan fingerprint density at radius 3 is 2.50 bits per heavy atom. The molecule has 0 amide bonds. The van der Waals surface area contributed by atoms with E-state index in [1.165, 1.54) is 25.7 Å². The van der Waals surface area contributed by atoms with Crippen LogP contribution in [0, 0.1) is 28.6 Å². The van der Waals surface area contributed by atoms with Crippen LogP contribution in [0.1, 0.15) is 52.9 Å². The van der Waals surface area contributed by atoms with Crippen LogP contribution in [0.2, 0.25) is 0 Å². The van der Waals surface area contributed by atoms with Gasteiger partial charge in [-0.2, -0.15) is 0 Å². The van der Waals surface area contributed by atoms with Crippen LogP contribution < -0.4 is 0 Å². The Hall–Kier alpha value is -0.330. The smallest absolute Gasteiger partial charge is 0.0123 e. The van der Waals surface area contributed by atoms with Gasteiger partial charge in [-0.15, -0.1) is 0 Å². The largest absolute Gasteiger partial charge is 0.309 e. The molecule has 3 unspecified atom stereocenters. The molecule has 0 radical (unpaired) electrons. The third-order valence-electron chi connectivity index (χ3n) is 4.44. The SMILES string of the molecule is CC(C)(C)C1CCC2C(=N)CCC2C1.